The van der Waals surface area contributed by atoms with Crippen LogP contribution in [0.2, 0.25) is 5.02 Å². The molecule has 0 saturated heterocycles. The van der Waals surface area contributed by atoms with Gasteiger partial charge in [-0.3, -0.25) is 0 Å². The maximum Gasteiger partial charge on any atom is 0.417 e. The number of benzene rings is 1. The molecule has 7 heteroatoms. The minimum absolute atomic E-state index is 0.0688. The highest BCUT2D eigenvalue weighted by Gasteiger charge is 2.36. The molecule has 0 unspecified atom stereocenters. The predicted octanol–water partition coefficient (Wildman–Crippen LogP) is 3.41. The largest absolute Gasteiger partial charge is 0.462 e. The molecule has 0 amide bonds. The monoisotopic (exact) mass is 277 g/mol. The third-order valence-corrected chi connectivity index (χ3v) is 2.34. The second kappa shape index (κ2) is 5.27. The van der Waals surface area contributed by atoms with E-state index in [9.17, 15) is 18.0 Å². The first-order valence-corrected chi connectivity index (χ1v) is 5.17. The lowest BCUT2D eigenvalue weighted by Gasteiger charge is -2.13. The summed E-state index contributed by atoms with van der Waals surface area (Å²) in [4.78, 5) is 11.4. The SMILES string of the molecule is CCOC(=O)c1cc(C#N)c(Cl)cc1C(F)(F)F. The van der Waals surface area contributed by atoms with Gasteiger partial charge in [-0.2, -0.15) is 18.4 Å². The molecule has 0 N–H and O–H groups in total. The molecule has 0 bridgehead atoms. The van der Waals surface area contributed by atoms with Gasteiger partial charge in [0.2, 0.25) is 0 Å². The van der Waals surface area contributed by atoms with E-state index in [1.54, 1.807) is 6.07 Å². The van der Waals surface area contributed by atoms with E-state index in [1.165, 1.54) is 6.92 Å². The molecule has 1 aromatic rings. The number of nitriles is 1. The molecule has 1 rings (SSSR count). The number of nitrogens with zero attached hydrogens (tertiary/aromatic N) is 1. The summed E-state index contributed by atoms with van der Waals surface area (Å²) in [6.45, 7) is 1.40. The van der Waals surface area contributed by atoms with Crippen LogP contribution in [0.4, 0.5) is 13.2 Å². The number of hydrogen-bond acceptors (Lipinski definition) is 3. The molecule has 3 nitrogen and oxygen atoms in total. The van der Waals surface area contributed by atoms with E-state index in [2.05, 4.69) is 4.74 Å². The highest BCUT2D eigenvalue weighted by Crippen LogP contribution is 2.35. The zero-order valence-electron chi connectivity index (χ0n) is 9.14. The maximum atomic E-state index is 12.7. The minimum atomic E-state index is -4.75. The van der Waals surface area contributed by atoms with Crippen molar-refractivity contribution in [1.82, 2.24) is 0 Å². The Bertz CT molecular complexity index is 520. The zero-order valence-corrected chi connectivity index (χ0v) is 9.89. The Hall–Kier alpha value is -1.74. The van der Waals surface area contributed by atoms with Gasteiger partial charge in [-0.15, -0.1) is 0 Å². The third-order valence-electron chi connectivity index (χ3n) is 2.03. The molecule has 0 spiro atoms. The summed E-state index contributed by atoms with van der Waals surface area (Å²) >= 11 is 5.51. The van der Waals surface area contributed by atoms with Crippen molar-refractivity contribution in [1.29, 1.82) is 5.26 Å². The van der Waals surface area contributed by atoms with Gasteiger partial charge in [-0.1, -0.05) is 11.6 Å². The van der Waals surface area contributed by atoms with Gasteiger partial charge in [-0.25, -0.2) is 4.79 Å². The number of alkyl halides is 3. The normalized spacial score (nSPS) is 10.9. The predicted molar refractivity (Wildman–Crippen MR) is 57.1 cm³/mol. The molecular weight excluding hydrogens is 271 g/mol. The third kappa shape index (κ3) is 2.93. The highest BCUT2D eigenvalue weighted by atomic mass is 35.5. The summed E-state index contributed by atoms with van der Waals surface area (Å²) in [5, 5.41) is 8.32. The molecule has 0 heterocycles. The van der Waals surface area contributed by atoms with E-state index in [0.717, 1.165) is 6.07 Å². The van der Waals surface area contributed by atoms with Crippen molar-refractivity contribution in [3.8, 4) is 6.07 Å². The lowest BCUT2D eigenvalue weighted by Crippen LogP contribution is -2.15. The summed E-state index contributed by atoms with van der Waals surface area (Å²) in [6.07, 6.45) is -4.75. The Morgan fingerprint density at radius 2 is 2.11 bits per heavy atom. The van der Waals surface area contributed by atoms with Gasteiger partial charge < -0.3 is 4.74 Å². The number of esters is 1. The van der Waals surface area contributed by atoms with Crippen LogP contribution in [0.1, 0.15) is 28.4 Å². The molecule has 0 aliphatic carbocycles. The van der Waals surface area contributed by atoms with Crippen LogP contribution in [0.15, 0.2) is 12.1 Å². The second-order valence-corrected chi connectivity index (χ2v) is 3.61. The van der Waals surface area contributed by atoms with Crippen LogP contribution in [0, 0.1) is 11.3 Å². The van der Waals surface area contributed by atoms with Crippen LogP contribution in [-0.4, -0.2) is 12.6 Å². The van der Waals surface area contributed by atoms with Crippen molar-refractivity contribution in [3.63, 3.8) is 0 Å². The molecule has 0 saturated carbocycles. The average molecular weight is 278 g/mol. The number of carbonyl (C=O) groups is 1. The van der Waals surface area contributed by atoms with E-state index in [4.69, 9.17) is 16.9 Å². The molecule has 18 heavy (non-hydrogen) atoms. The lowest BCUT2D eigenvalue weighted by atomic mass is 10.0. The van der Waals surface area contributed by atoms with Gasteiger partial charge in [0.25, 0.3) is 0 Å². The van der Waals surface area contributed by atoms with Crippen LogP contribution >= 0.6 is 11.6 Å². The summed E-state index contributed by atoms with van der Waals surface area (Å²) < 4.78 is 42.7. The van der Waals surface area contributed by atoms with Gasteiger partial charge in [0.05, 0.1) is 28.3 Å². The summed E-state index contributed by atoms with van der Waals surface area (Å²) in [6, 6.07) is 2.93. The minimum Gasteiger partial charge on any atom is -0.462 e. The number of hydrogen-bond donors (Lipinski definition) is 0. The van der Waals surface area contributed by atoms with E-state index in [-0.39, 0.29) is 17.2 Å². The average Bonchev–Trinajstić information content (AvgIpc) is 2.27. The molecule has 0 fully saturated rings. The van der Waals surface area contributed by atoms with Crippen LogP contribution in [0.5, 0.6) is 0 Å². The summed E-state index contributed by atoms with van der Waals surface area (Å²) in [5.41, 5.74) is -2.15. The first-order chi connectivity index (χ1) is 8.31. The number of carbonyl (C=O) groups excluding carboxylic acids is 1. The smallest absolute Gasteiger partial charge is 0.417 e. The molecule has 1 aromatic carbocycles. The quantitative estimate of drug-likeness (QED) is 0.778. The fraction of sp³-hybridized carbons (Fsp3) is 0.273. The fourth-order valence-electron chi connectivity index (χ4n) is 1.27. The molecular formula is C11H7ClF3NO2. The van der Waals surface area contributed by atoms with Crippen molar-refractivity contribution < 1.29 is 22.7 Å². The molecule has 0 aliphatic heterocycles. The van der Waals surface area contributed by atoms with Gasteiger partial charge in [0, 0.05) is 0 Å². The number of ether oxygens (including phenoxy) is 1. The van der Waals surface area contributed by atoms with Crippen molar-refractivity contribution in [2.45, 2.75) is 13.1 Å². The van der Waals surface area contributed by atoms with Crippen molar-refractivity contribution in [2.24, 2.45) is 0 Å². The number of rotatable bonds is 2. The molecule has 0 aliphatic rings. The van der Waals surface area contributed by atoms with E-state index < -0.39 is 23.3 Å². The Kier molecular flexibility index (Phi) is 4.19. The van der Waals surface area contributed by atoms with Crippen molar-refractivity contribution >= 4 is 17.6 Å². The first-order valence-electron chi connectivity index (χ1n) is 4.79. The molecule has 0 atom stereocenters. The van der Waals surface area contributed by atoms with Gasteiger partial charge in [-0.05, 0) is 19.1 Å². The zero-order chi connectivity index (χ0) is 13.9. The summed E-state index contributed by atoms with van der Waals surface area (Å²) in [5.74, 6) is -1.14. The Balaban J connectivity index is 3.46. The highest BCUT2D eigenvalue weighted by molar-refractivity contribution is 6.32. The standard InChI is InChI=1S/C11H7ClF3NO2/c1-2-18-10(17)7-3-6(5-16)9(12)4-8(7)11(13,14)15/h3-4H,2H2,1H3. The van der Waals surface area contributed by atoms with Crippen molar-refractivity contribution in [2.75, 3.05) is 6.61 Å². The number of halogens is 4. The van der Waals surface area contributed by atoms with Crippen LogP contribution in [0.3, 0.4) is 0 Å². The Labute approximate surface area is 106 Å². The van der Waals surface area contributed by atoms with Gasteiger partial charge >= 0.3 is 12.1 Å². The van der Waals surface area contributed by atoms with Crippen LogP contribution in [0.25, 0.3) is 0 Å². The van der Waals surface area contributed by atoms with E-state index >= 15 is 0 Å². The summed E-state index contributed by atoms with van der Waals surface area (Å²) in [7, 11) is 0. The van der Waals surface area contributed by atoms with Crippen LogP contribution in [-0.2, 0) is 10.9 Å². The second-order valence-electron chi connectivity index (χ2n) is 3.21. The Morgan fingerprint density at radius 1 is 1.50 bits per heavy atom. The van der Waals surface area contributed by atoms with Crippen LogP contribution < -0.4 is 0 Å². The fourth-order valence-corrected chi connectivity index (χ4v) is 1.48. The Morgan fingerprint density at radius 3 is 2.56 bits per heavy atom. The topological polar surface area (TPSA) is 50.1 Å². The molecule has 0 aromatic heterocycles. The maximum absolute atomic E-state index is 12.7. The first kappa shape index (κ1) is 14.3. The van der Waals surface area contributed by atoms with Crippen molar-refractivity contribution in [3.05, 3.63) is 33.8 Å². The van der Waals surface area contributed by atoms with Gasteiger partial charge in [0.15, 0.2) is 0 Å². The lowest BCUT2D eigenvalue weighted by molar-refractivity contribution is -0.138. The van der Waals surface area contributed by atoms with E-state index in [1.807, 2.05) is 0 Å². The van der Waals surface area contributed by atoms with E-state index in [0.29, 0.717) is 6.07 Å². The van der Waals surface area contributed by atoms with Gasteiger partial charge in [0.1, 0.15) is 6.07 Å². The molecule has 0 radical (unpaired) electrons. The molecule has 96 valence electrons.